The Bertz CT molecular complexity index is 881. The average molecular weight is 368 g/mol. The lowest BCUT2D eigenvalue weighted by molar-refractivity contribution is 0.571. The lowest BCUT2D eigenvalue weighted by Crippen LogP contribution is -2.19. The zero-order chi connectivity index (χ0) is 18.7. The van der Waals surface area contributed by atoms with Gasteiger partial charge in [-0.1, -0.05) is 53.6 Å². The number of aromatic nitrogens is 2. The molecule has 0 bridgehead atoms. The monoisotopic (exact) mass is 367 g/mol. The van der Waals surface area contributed by atoms with E-state index < -0.39 is 0 Å². The van der Waals surface area contributed by atoms with Gasteiger partial charge < -0.3 is 5.32 Å². The number of aryl methyl sites for hydroxylation is 2. The minimum absolute atomic E-state index is 0.230. The highest BCUT2D eigenvalue weighted by Gasteiger charge is 2.13. The smallest absolute Gasteiger partial charge is 0.0662 e. The van der Waals surface area contributed by atoms with Gasteiger partial charge in [0, 0.05) is 28.9 Å². The molecule has 3 nitrogen and oxygen atoms in total. The van der Waals surface area contributed by atoms with Gasteiger partial charge >= 0.3 is 0 Å². The first-order chi connectivity index (χ1) is 12.4. The van der Waals surface area contributed by atoms with E-state index in [0.29, 0.717) is 0 Å². The number of hydrogen-bond donors (Lipinski definition) is 1. The van der Waals surface area contributed by atoms with Crippen LogP contribution in [0.3, 0.4) is 0 Å². The topological polar surface area (TPSA) is 29.9 Å². The highest BCUT2D eigenvalue weighted by molar-refractivity contribution is 6.30. The van der Waals surface area contributed by atoms with Gasteiger partial charge in [-0.05, 0) is 51.0 Å². The van der Waals surface area contributed by atoms with Crippen molar-refractivity contribution in [3.8, 4) is 0 Å². The maximum absolute atomic E-state index is 6.11. The summed E-state index contributed by atoms with van der Waals surface area (Å²) in [4.78, 5) is 0. The molecule has 0 unspecified atom stereocenters. The Morgan fingerprint density at radius 3 is 2.50 bits per heavy atom. The maximum Gasteiger partial charge on any atom is 0.0662 e. The standard InChI is InChI=1S/C22H26ClN3/c1-15-8-10-19(11-9-15)14-26-18(4)22(17(3)25-26)13-24-16(2)20-6-5-7-21(23)12-20/h5-12,16,24H,13-14H2,1-4H3/t16-/m0/s1. The lowest BCUT2D eigenvalue weighted by Gasteiger charge is -2.15. The van der Waals surface area contributed by atoms with Crippen molar-refractivity contribution in [3.63, 3.8) is 0 Å². The molecule has 3 rings (SSSR count). The van der Waals surface area contributed by atoms with Gasteiger partial charge in [0.25, 0.3) is 0 Å². The van der Waals surface area contributed by atoms with Crippen LogP contribution < -0.4 is 5.32 Å². The highest BCUT2D eigenvalue weighted by atomic mass is 35.5. The first kappa shape index (κ1) is 18.7. The van der Waals surface area contributed by atoms with E-state index in [9.17, 15) is 0 Å². The van der Waals surface area contributed by atoms with Gasteiger partial charge in [-0.2, -0.15) is 5.10 Å². The van der Waals surface area contributed by atoms with Crippen molar-refractivity contribution < 1.29 is 0 Å². The van der Waals surface area contributed by atoms with E-state index >= 15 is 0 Å². The summed E-state index contributed by atoms with van der Waals surface area (Å²) in [5.74, 6) is 0. The highest BCUT2D eigenvalue weighted by Crippen LogP contribution is 2.20. The molecule has 0 saturated heterocycles. The Labute approximate surface area is 161 Å². The van der Waals surface area contributed by atoms with Gasteiger partial charge in [-0.15, -0.1) is 0 Å². The number of nitrogens with one attached hydrogen (secondary N) is 1. The van der Waals surface area contributed by atoms with Crippen LogP contribution in [0.4, 0.5) is 0 Å². The Morgan fingerprint density at radius 1 is 1.08 bits per heavy atom. The van der Waals surface area contributed by atoms with Crippen molar-refractivity contribution in [3.05, 3.63) is 87.2 Å². The van der Waals surface area contributed by atoms with Gasteiger partial charge in [0.2, 0.25) is 0 Å². The van der Waals surface area contributed by atoms with Crippen LogP contribution in [0.15, 0.2) is 48.5 Å². The van der Waals surface area contributed by atoms with Crippen LogP contribution in [0.2, 0.25) is 5.02 Å². The molecule has 4 heteroatoms. The van der Waals surface area contributed by atoms with E-state index in [0.717, 1.165) is 23.8 Å². The molecule has 136 valence electrons. The average Bonchev–Trinajstić information content (AvgIpc) is 2.88. The van der Waals surface area contributed by atoms with Crippen molar-refractivity contribution in [2.75, 3.05) is 0 Å². The fourth-order valence-electron chi connectivity index (χ4n) is 3.16. The number of hydrogen-bond acceptors (Lipinski definition) is 2. The maximum atomic E-state index is 6.11. The second-order valence-electron chi connectivity index (χ2n) is 6.95. The molecule has 0 aliphatic carbocycles. The van der Waals surface area contributed by atoms with Crippen LogP contribution >= 0.6 is 11.6 Å². The number of rotatable bonds is 6. The molecule has 1 aromatic heterocycles. The Hall–Kier alpha value is -2.10. The third-order valence-corrected chi connectivity index (χ3v) is 5.15. The van der Waals surface area contributed by atoms with E-state index in [1.807, 2.05) is 18.2 Å². The summed E-state index contributed by atoms with van der Waals surface area (Å²) < 4.78 is 2.10. The van der Waals surface area contributed by atoms with Crippen LogP contribution in [0.1, 0.15) is 46.6 Å². The third-order valence-electron chi connectivity index (χ3n) is 4.92. The van der Waals surface area contributed by atoms with Crippen molar-refractivity contribution in [2.24, 2.45) is 0 Å². The Balaban J connectivity index is 1.70. The normalized spacial score (nSPS) is 12.3. The van der Waals surface area contributed by atoms with Crippen LogP contribution in [0.5, 0.6) is 0 Å². The summed E-state index contributed by atoms with van der Waals surface area (Å²) in [5.41, 5.74) is 7.31. The molecule has 0 amide bonds. The van der Waals surface area contributed by atoms with Gasteiger partial charge in [0.05, 0.1) is 12.2 Å². The fourth-order valence-corrected chi connectivity index (χ4v) is 3.36. The summed E-state index contributed by atoms with van der Waals surface area (Å²) in [7, 11) is 0. The van der Waals surface area contributed by atoms with E-state index in [2.05, 4.69) is 68.0 Å². The fraction of sp³-hybridized carbons (Fsp3) is 0.318. The Kier molecular flexibility index (Phi) is 5.80. The molecule has 1 heterocycles. The SMILES string of the molecule is Cc1ccc(Cn2nc(C)c(CN[C@@H](C)c3cccc(Cl)c3)c2C)cc1. The molecular formula is C22H26ClN3. The molecule has 0 aliphatic rings. The summed E-state index contributed by atoms with van der Waals surface area (Å²) in [6.45, 7) is 10.1. The molecule has 0 fully saturated rings. The van der Waals surface area contributed by atoms with Crippen LogP contribution in [0.25, 0.3) is 0 Å². The molecule has 1 atom stereocenters. The van der Waals surface area contributed by atoms with Crippen molar-refractivity contribution in [1.29, 1.82) is 0 Å². The molecule has 2 aromatic carbocycles. The van der Waals surface area contributed by atoms with E-state index in [1.165, 1.54) is 27.9 Å². The van der Waals surface area contributed by atoms with Gasteiger partial charge in [0.15, 0.2) is 0 Å². The molecule has 3 aromatic rings. The predicted octanol–water partition coefficient (Wildman–Crippen LogP) is 5.36. The summed E-state index contributed by atoms with van der Waals surface area (Å²) >= 11 is 6.11. The van der Waals surface area contributed by atoms with Gasteiger partial charge in [0.1, 0.15) is 0 Å². The zero-order valence-corrected chi connectivity index (χ0v) is 16.6. The second-order valence-corrected chi connectivity index (χ2v) is 7.39. The third kappa shape index (κ3) is 4.35. The molecular weight excluding hydrogens is 342 g/mol. The summed E-state index contributed by atoms with van der Waals surface area (Å²) in [5, 5.41) is 9.12. The first-order valence-electron chi connectivity index (χ1n) is 9.01. The largest absolute Gasteiger partial charge is 0.306 e. The van der Waals surface area contributed by atoms with Crippen LogP contribution in [0, 0.1) is 20.8 Å². The quantitative estimate of drug-likeness (QED) is 0.635. The number of halogens is 1. The minimum Gasteiger partial charge on any atom is -0.306 e. The van der Waals surface area contributed by atoms with E-state index in [1.54, 1.807) is 0 Å². The minimum atomic E-state index is 0.230. The molecule has 1 N–H and O–H groups in total. The van der Waals surface area contributed by atoms with Crippen LogP contribution in [-0.4, -0.2) is 9.78 Å². The lowest BCUT2D eigenvalue weighted by atomic mass is 10.1. The predicted molar refractivity (Wildman–Crippen MR) is 109 cm³/mol. The van der Waals surface area contributed by atoms with Gasteiger partial charge in [-0.3, -0.25) is 4.68 Å². The number of nitrogens with zero attached hydrogens (tertiary/aromatic N) is 2. The molecule has 0 aliphatic heterocycles. The summed E-state index contributed by atoms with van der Waals surface area (Å²) in [6.07, 6.45) is 0. The molecule has 0 radical (unpaired) electrons. The van der Waals surface area contributed by atoms with E-state index in [4.69, 9.17) is 16.7 Å². The number of benzene rings is 2. The second kappa shape index (κ2) is 8.07. The van der Waals surface area contributed by atoms with Crippen molar-refractivity contribution in [1.82, 2.24) is 15.1 Å². The zero-order valence-electron chi connectivity index (χ0n) is 15.9. The van der Waals surface area contributed by atoms with Crippen molar-refractivity contribution >= 4 is 11.6 Å². The van der Waals surface area contributed by atoms with E-state index in [-0.39, 0.29) is 6.04 Å². The molecule has 26 heavy (non-hydrogen) atoms. The van der Waals surface area contributed by atoms with Crippen LogP contribution in [-0.2, 0) is 13.1 Å². The summed E-state index contributed by atoms with van der Waals surface area (Å²) in [6, 6.07) is 16.9. The van der Waals surface area contributed by atoms with Crippen molar-refractivity contribution in [2.45, 2.75) is 46.8 Å². The Morgan fingerprint density at radius 2 is 1.81 bits per heavy atom. The van der Waals surface area contributed by atoms with Gasteiger partial charge in [-0.25, -0.2) is 0 Å². The first-order valence-corrected chi connectivity index (χ1v) is 9.39. The molecule has 0 saturated carbocycles. The molecule has 0 spiro atoms.